The molecule has 23 heavy (non-hydrogen) atoms. The average Bonchev–Trinajstić information content (AvgIpc) is 2.87. The molecule has 0 spiro atoms. The number of nitrogens with zero attached hydrogens (tertiary/aromatic N) is 1. The number of nitrogens with one attached hydrogen (secondary N) is 3. The molecule has 4 N–H and O–H groups in total. The molecule has 1 aliphatic heterocycles. The van der Waals surface area contributed by atoms with Crippen LogP contribution in [0.15, 0.2) is 33.9 Å². The maximum absolute atomic E-state index is 12.4. The number of H-pyrrole nitrogens is 3. The van der Waals surface area contributed by atoms with Gasteiger partial charge >= 0.3 is 5.69 Å². The number of ether oxygens (including phenoxy) is 1. The lowest BCUT2D eigenvalue weighted by Gasteiger charge is -2.24. The van der Waals surface area contributed by atoms with Gasteiger partial charge in [-0.25, -0.2) is 4.79 Å². The SMILES string of the molecule is Cc1[nH]nc2c1C(c1ccccc1O)c1c([nH]c(=O)[nH]c1=O)O2. The first-order valence-corrected chi connectivity index (χ1v) is 6.93. The Morgan fingerprint density at radius 1 is 1.17 bits per heavy atom. The summed E-state index contributed by atoms with van der Waals surface area (Å²) in [6, 6.07) is 6.72. The van der Waals surface area contributed by atoms with Gasteiger partial charge < -0.3 is 9.84 Å². The van der Waals surface area contributed by atoms with Gasteiger partial charge in [-0.3, -0.25) is 19.9 Å². The second kappa shape index (κ2) is 4.60. The van der Waals surface area contributed by atoms with Crippen molar-refractivity contribution in [1.29, 1.82) is 0 Å². The highest BCUT2D eigenvalue weighted by atomic mass is 16.5. The van der Waals surface area contributed by atoms with Gasteiger partial charge in [0.25, 0.3) is 5.56 Å². The van der Waals surface area contributed by atoms with E-state index in [1.54, 1.807) is 31.2 Å². The zero-order chi connectivity index (χ0) is 16.1. The molecule has 0 radical (unpaired) electrons. The molecule has 0 amide bonds. The molecule has 1 atom stereocenters. The van der Waals surface area contributed by atoms with Crippen LogP contribution in [-0.2, 0) is 0 Å². The summed E-state index contributed by atoms with van der Waals surface area (Å²) in [5.74, 6) is -0.257. The van der Waals surface area contributed by atoms with E-state index in [2.05, 4.69) is 20.2 Å². The first kappa shape index (κ1) is 13.4. The molecule has 0 saturated heterocycles. The zero-order valence-corrected chi connectivity index (χ0v) is 12.0. The number of phenols is 1. The highest BCUT2D eigenvalue weighted by Crippen LogP contribution is 2.46. The highest BCUT2D eigenvalue weighted by molar-refractivity contribution is 5.57. The molecule has 0 aliphatic carbocycles. The number of aromatic amines is 3. The quantitative estimate of drug-likeness (QED) is 0.419. The number of para-hydroxylation sites is 1. The number of hydrogen-bond donors (Lipinski definition) is 4. The van der Waals surface area contributed by atoms with Crippen LogP contribution < -0.4 is 16.0 Å². The summed E-state index contributed by atoms with van der Waals surface area (Å²) in [5.41, 5.74) is 0.883. The van der Waals surface area contributed by atoms with Crippen LogP contribution in [0.2, 0.25) is 0 Å². The topological polar surface area (TPSA) is 124 Å². The lowest BCUT2D eigenvalue weighted by Crippen LogP contribution is -2.30. The fourth-order valence-corrected chi connectivity index (χ4v) is 2.93. The Hall–Kier alpha value is -3.29. The molecule has 1 aromatic carbocycles. The summed E-state index contributed by atoms with van der Waals surface area (Å²) >= 11 is 0. The number of fused-ring (bicyclic) bond motifs is 2. The molecule has 8 heteroatoms. The van der Waals surface area contributed by atoms with Crippen LogP contribution in [-0.4, -0.2) is 25.3 Å². The molecule has 0 bridgehead atoms. The largest absolute Gasteiger partial charge is 0.508 e. The Morgan fingerprint density at radius 2 is 1.96 bits per heavy atom. The Kier molecular flexibility index (Phi) is 2.68. The van der Waals surface area contributed by atoms with E-state index in [1.165, 1.54) is 0 Å². The Balaban J connectivity index is 2.09. The van der Waals surface area contributed by atoms with Crippen LogP contribution in [0, 0.1) is 6.92 Å². The third kappa shape index (κ3) is 1.88. The van der Waals surface area contributed by atoms with E-state index in [4.69, 9.17) is 4.74 Å². The average molecular weight is 312 g/mol. The number of benzene rings is 1. The first-order chi connectivity index (χ1) is 11.1. The van der Waals surface area contributed by atoms with E-state index in [1.807, 2.05) is 0 Å². The molecule has 3 aromatic rings. The Labute approximate surface area is 128 Å². The van der Waals surface area contributed by atoms with Crippen molar-refractivity contribution in [3.8, 4) is 17.5 Å². The monoisotopic (exact) mass is 312 g/mol. The molecule has 4 rings (SSSR count). The van der Waals surface area contributed by atoms with Crippen LogP contribution in [0.3, 0.4) is 0 Å². The maximum Gasteiger partial charge on any atom is 0.328 e. The molecule has 116 valence electrons. The summed E-state index contributed by atoms with van der Waals surface area (Å²) < 4.78 is 5.55. The van der Waals surface area contributed by atoms with Gasteiger partial charge in [-0.05, 0) is 13.0 Å². The second-order valence-corrected chi connectivity index (χ2v) is 5.31. The summed E-state index contributed by atoms with van der Waals surface area (Å²) in [4.78, 5) is 28.5. The van der Waals surface area contributed by atoms with Crippen LogP contribution in [0.25, 0.3) is 0 Å². The molecule has 2 aromatic heterocycles. The molecule has 1 unspecified atom stereocenters. The molecule has 1 aliphatic rings. The summed E-state index contributed by atoms with van der Waals surface area (Å²) in [6.45, 7) is 1.80. The van der Waals surface area contributed by atoms with Gasteiger partial charge in [-0.1, -0.05) is 18.2 Å². The van der Waals surface area contributed by atoms with Crippen molar-refractivity contribution in [2.24, 2.45) is 0 Å². The zero-order valence-electron chi connectivity index (χ0n) is 12.0. The Bertz CT molecular complexity index is 1030. The summed E-state index contributed by atoms with van der Waals surface area (Å²) in [6.07, 6.45) is 0. The third-order valence-electron chi connectivity index (χ3n) is 3.93. The number of rotatable bonds is 1. The van der Waals surface area contributed by atoms with E-state index in [9.17, 15) is 14.7 Å². The third-order valence-corrected chi connectivity index (χ3v) is 3.93. The van der Waals surface area contributed by atoms with Gasteiger partial charge in [0.15, 0.2) is 0 Å². The smallest absolute Gasteiger partial charge is 0.328 e. The molecule has 0 fully saturated rings. The number of aromatic hydroxyl groups is 1. The van der Waals surface area contributed by atoms with Crippen molar-refractivity contribution >= 4 is 0 Å². The minimum Gasteiger partial charge on any atom is -0.508 e. The van der Waals surface area contributed by atoms with Crippen LogP contribution in [0.4, 0.5) is 0 Å². The fourth-order valence-electron chi connectivity index (χ4n) is 2.93. The number of aromatic nitrogens is 4. The van der Waals surface area contributed by atoms with Crippen molar-refractivity contribution in [2.75, 3.05) is 0 Å². The van der Waals surface area contributed by atoms with E-state index in [0.717, 1.165) is 0 Å². The van der Waals surface area contributed by atoms with Gasteiger partial charge in [-0.15, -0.1) is 5.10 Å². The Morgan fingerprint density at radius 3 is 2.74 bits per heavy atom. The van der Waals surface area contributed by atoms with Crippen molar-refractivity contribution in [2.45, 2.75) is 12.8 Å². The van der Waals surface area contributed by atoms with Gasteiger partial charge in [0.05, 0.1) is 11.5 Å². The van der Waals surface area contributed by atoms with Crippen molar-refractivity contribution in [1.82, 2.24) is 20.2 Å². The predicted octanol–water partition coefficient (Wildman–Crippen LogP) is 1.09. The lowest BCUT2D eigenvalue weighted by molar-refractivity contribution is 0.408. The number of hydrogen-bond acceptors (Lipinski definition) is 5. The maximum atomic E-state index is 12.4. The van der Waals surface area contributed by atoms with Crippen LogP contribution in [0.1, 0.15) is 28.3 Å². The second-order valence-electron chi connectivity index (χ2n) is 5.31. The van der Waals surface area contributed by atoms with E-state index in [-0.39, 0.29) is 23.1 Å². The van der Waals surface area contributed by atoms with E-state index >= 15 is 0 Å². The highest BCUT2D eigenvalue weighted by Gasteiger charge is 2.36. The molecule has 8 nitrogen and oxygen atoms in total. The van der Waals surface area contributed by atoms with E-state index < -0.39 is 17.2 Å². The minimum absolute atomic E-state index is 0.0333. The van der Waals surface area contributed by atoms with Crippen molar-refractivity contribution < 1.29 is 9.84 Å². The molecule has 3 heterocycles. The van der Waals surface area contributed by atoms with Crippen molar-refractivity contribution in [3.63, 3.8) is 0 Å². The van der Waals surface area contributed by atoms with Gasteiger partial charge in [0, 0.05) is 16.8 Å². The molecular weight excluding hydrogens is 300 g/mol. The van der Waals surface area contributed by atoms with Crippen LogP contribution in [0.5, 0.6) is 17.5 Å². The van der Waals surface area contributed by atoms with Gasteiger partial charge in [-0.2, -0.15) is 0 Å². The molecule has 0 saturated carbocycles. The minimum atomic E-state index is -0.666. The van der Waals surface area contributed by atoms with Gasteiger partial charge in [0.2, 0.25) is 11.8 Å². The fraction of sp³-hybridized carbons (Fsp3) is 0.133. The summed E-state index contributed by atoms with van der Waals surface area (Å²) in [5, 5.41) is 17.1. The number of phenolic OH excluding ortho intramolecular Hbond substituents is 1. The van der Waals surface area contributed by atoms with Gasteiger partial charge in [0.1, 0.15) is 5.75 Å². The summed E-state index contributed by atoms with van der Waals surface area (Å²) in [7, 11) is 0. The standard InChI is InChI=1S/C15H12N4O4/c1-6-9-10(7-4-2-3-5-8(7)20)11-12(21)16-15(22)17-13(11)23-14(9)19-18-6/h2-5,10,20H,1H3,(H,18,19)(H2,16,17,21,22). The molecular formula is C15H12N4O4. The predicted molar refractivity (Wildman–Crippen MR) is 80.1 cm³/mol. The normalized spacial score (nSPS) is 15.6. The van der Waals surface area contributed by atoms with Crippen LogP contribution >= 0.6 is 0 Å². The number of aryl methyl sites for hydroxylation is 1. The first-order valence-electron chi connectivity index (χ1n) is 6.93. The van der Waals surface area contributed by atoms with Crippen molar-refractivity contribution in [3.05, 3.63) is 67.5 Å². The lowest BCUT2D eigenvalue weighted by atomic mass is 9.84. The van der Waals surface area contributed by atoms with E-state index in [0.29, 0.717) is 16.8 Å².